The van der Waals surface area contributed by atoms with Crippen molar-refractivity contribution in [1.82, 2.24) is 19.9 Å². The van der Waals surface area contributed by atoms with Crippen molar-refractivity contribution in [3.05, 3.63) is 17.2 Å². The molecule has 0 N–H and O–H groups in total. The smallest absolute Gasteiger partial charge is 0.319 e. The first kappa shape index (κ1) is 20.1. The number of methoxy groups -OCH3 is 1. The molecule has 5 rings (SSSR count). The maximum absolute atomic E-state index is 14.7. The van der Waals surface area contributed by atoms with Crippen molar-refractivity contribution in [1.29, 1.82) is 0 Å². The van der Waals surface area contributed by atoms with E-state index in [0.29, 0.717) is 24.2 Å². The molecule has 10 heteroatoms. The SMILES string of the molecule is CO[C@H]1CN2CCC[C@@]2(COc2nc(N(C)[C@@H]3C[C@H]3F)c3cnc(Cl)c(F)c3n2)C1. The summed E-state index contributed by atoms with van der Waals surface area (Å²) in [5.74, 6) is -0.338. The molecular weight excluding hydrogens is 416 g/mol. The summed E-state index contributed by atoms with van der Waals surface area (Å²) in [7, 11) is 3.46. The number of anilines is 1. The Morgan fingerprint density at radius 3 is 2.93 bits per heavy atom. The topological polar surface area (TPSA) is 63.6 Å². The third-order valence-electron chi connectivity index (χ3n) is 6.69. The van der Waals surface area contributed by atoms with E-state index in [9.17, 15) is 8.78 Å². The number of fused-ring (bicyclic) bond motifs is 2. The zero-order valence-corrected chi connectivity index (χ0v) is 17.7. The highest BCUT2D eigenvalue weighted by molar-refractivity contribution is 6.30. The number of pyridine rings is 1. The zero-order valence-electron chi connectivity index (χ0n) is 16.9. The number of aromatic nitrogens is 3. The van der Waals surface area contributed by atoms with Crippen LogP contribution in [0, 0.1) is 5.82 Å². The molecule has 3 aliphatic rings. The molecule has 30 heavy (non-hydrogen) atoms. The molecule has 4 heterocycles. The lowest BCUT2D eigenvalue weighted by Gasteiger charge is -2.31. The van der Waals surface area contributed by atoms with Gasteiger partial charge >= 0.3 is 6.01 Å². The molecule has 1 saturated carbocycles. The third-order valence-corrected chi connectivity index (χ3v) is 6.95. The van der Waals surface area contributed by atoms with Crippen LogP contribution >= 0.6 is 11.6 Å². The van der Waals surface area contributed by atoms with Crippen molar-refractivity contribution in [3.63, 3.8) is 0 Å². The second-order valence-electron chi connectivity index (χ2n) is 8.51. The Hall–Kier alpha value is -1.84. The van der Waals surface area contributed by atoms with Crippen LogP contribution in [-0.2, 0) is 4.74 Å². The van der Waals surface area contributed by atoms with Gasteiger partial charge in [-0.25, -0.2) is 13.8 Å². The number of nitrogens with zero attached hydrogens (tertiary/aromatic N) is 5. The first-order chi connectivity index (χ1) is 14.4. The van der Waals surface area contributed by atoms with Gasteiger partial charge in [-0.3, -0.25) is 4.90 Å². The Balaban J connectivity index is 1.48. The molecule has 162 valence electrons. The lowest BCUT2D eigenvalue weighted by atomic mass is 9.94. The molecule has 2 saturated heterocycles. The van der Waals surface area contributed by atoms with E-state index in [0.717, 1.165) is 32.4 Å². The van der Waals surface area contributed by atoms with Gasteiger partial charge in [-0.05, 0) is 25.8 Å². The molecule has 0 bridgehead atoms. The van der Waals surface area contributed by atoms with Gasteiger partial charge in [0.2, 0.25) is 0 Å². The van der Waals surface area contributed by atoms with Crippen molar-refractivity contribution in [2.45, 2.75) is 49.5 Å². The van der Waals surface area contributed by atoms with Gasteiger partial charge in [0.1, 0.15) is 24.1 Å². The van der Waals surface area contributed by atoms with Gasteiger partial charge in [-0.15, -0.1) is 0 Å². The minimum Gasteiger partial charge on any atom is -0.461 e. The number of halogens is 3. The minimum absolute atomic E-state index is 0.0277. The van der Waals surface area contributed by atoms with Crippen LogP contribution in [0.1, 0.15) is 25.7 Å². The summed E-state index contributed by atoms with van der Waals surface area (Å²) < 4.78 is 40.0. The molecule has 0 unspecified atom stereocenters. The molecule has 2 aliphatic heterocycles. The summed E-state index contributed by atoms with van der Waals surface area (Å²) in [4.78, 5) is 16.8. The van der Waals surface area contributed by atoms with E-state index in [1.54, 1.807) is 19.1 Å². The summed E-state index contributed by atoms with van der Waals surface area (Å²) in [5, 5.41) is 0.113. The van der Waals surface area contributed by atoms with E-state index < -0.39 is 12.0 Å². The van der Waals surface area contributed by atoms with Crippen molar-refractivity contribution >= 4 is 28.3 Å². The van der Waals surface area contributed by atoms with Crippen LogP contribution in [0.3, 0.4) is 0 Å². The second kappa shape index (κ2) is 7.39. The Bertz CT molecular complexity index is 982. The molecule has 0 radical (unpaired) electrons. The van der Waals surface area contributed by atoms with Crippen LogP contribution in [0.4, 0.5) is 14.6 Å². The molecule has 0 aromatic carbocycles. The number of hydrogen-bond acceptors (Lipinski definition) is 7. The van der Waals surface area contributed by atoms with Crippen LogP contribution in [0.5, 0.6) is 6.01 Å². The molecule has 2 aromatic rings. The van der Waals surface area contributed by atoms with Gasteiger partial charge in [0.15, 0.2) is 11.0 Å². The van der Waals surface area contributed by atoms with Gasteiger partial charge in [0, 0.05) is 33.3 Å². The predicted molar refractivity (Wildman–Crippen MR) is 108 cm³/mol. The van der Waals surface area contributed by atoms with E-state index in [-0.39, 0.29) is 34.4 Å². The Morgan fingerprint density at radius 2 is 2.20 bits per heavy atom. The Kier molecular flexibility index (Phi) is 4.95. The van der Waals surface area contributed by atoms with Crippen molar-refractivity contribution in [3.8, 4) is 6.01 Å². The van der Waals surface area contributed by atoms with Gasteiger partial charge in [0.25, 0.3) is 0 Å². The molecule has 7 nitrogen and oxygen atoms in total. The second-order valence-corrected chi connectivity index (χ2v) is 8.87. The van der Waals surface area contributed by atoms with Crippen LogP contribution in [0.25, 0.3) is 10.9 Å². The molecule has 1 aliphatic carbocycles. The summed E-state index contributed by atoms with van der Waals surface area (Å²) in [6.07, 6.45) is 4.06. The van der Waals surface area contributed by atoms with Crippen LogP contribution in [-0.4, -0.2) is 77.6 Å². The maximum Gasteiger partial charge on any atom is 0.319 e. The summed E-state index contributed by atoms with van der Waals surface area (Å²) in [6.45, 7) is 2.27. The Labute approximate surface area is 178 Å². The fourth-order valence-electron chi connectivity index (χ4n) is 4.87. The lowest BCUT2D eigenvalue weighted by Crippen LogP contribution is -2.43. The lowest BCUT2D eigenvalue weighted by molar-refractivity contribution is 0.0997. The average molecular weight is 440 g/mol. The monoisotopic (exact) mass is 439 g/mol. The van der Waals surface area contributed by atoms with Gasteiger partial charge in [-0.1, -0.05) is 11.6 Å². The highest BCUT2D eigenvalue weighted by Crippen LogP contribution is 2.41. The average Bonchev–Trinajstić information content (AvgIpc) is 3.18. The van der Waals surface area contributed by atoms with Gasteiger partial charge < -0.3 is 14.4 Å². The molecule has 0 spiro atoms. The molecular formula is C20H24ClF2N5O2. The van der Waals surface area contributed by atoms with E-state index >= 15 is 0 Å². The van der Waals surface area contributed by atoms with Gasteiger partial charge in [0.05, 0.1) is 23.1 Å². The van der Waals surface area contributed by atoms with E-state index in [2.05, 4.69) is 19.9 Å². The van der Waals surface area contributed by atoms with E-state index in [1.165, 1.54) is 6.20 Å². The predicted octanol–water partition coefficient (Wildman–Crippen LogP) is 3.00. The number of rotatable bonds is 6. The molecule has 2 aromatic heterocycles. The van der Waals surface area contributed by atoms with Gasteiger partial charge in [-0.2, -0.15) is 9.97 Å². The summed E-state index contributed by atoms with van der Waals surface area (Å²) in [6, 6.07) is -0.237. The minimum atomic E-state index is -0.926. The highest BCUT2D eigenvalue weighted by Gasteiger charge is 2.49. The van der Waals surface area contributed by atoms with Crippen LogP contribution in [0.2, 0.25) is 5.15 Å². The van der Waals surface area contributed by atoms with Crippen LogP contribution < -0.4 is 9.64 Å². The van der Waals surface area contributed by atoms with E-state index in [4.69, 9.17) is 21.1 Å². The molecule has 0 amide bonds. The number of hydrogen-bond donors (Lipinski definition) is 0. The summed E-state index contributed by atoms with van der Waals surface area (Å²) in [5.41, 5.74) is -0.0973. The van der Waals surface area contributed by atoms with Crippen molar-refractivity contribution < 1.29 is 18.3 Å². The Morgan fingerprint density at radius 1 is 1.40 bits per heavy atom. The quantitative estimate of drug-likeness (QED) is 0.641. The largest absolute Gasteiger partial charge is 0.461 e. The number of alkyl halides is 1. The zero-order chi connectivity index (χ0) is 21.0. The first-order valence-electron chi connectivity index (χ1n) is 10.2. The normalized spacial score (nSPS) is 30.6. The van der Waals surface area contributed by atoms with Crippen LogP contribution in [0.15, 0.2) is 6.20 Å². The van der Waals surface area contributed by atoms with Crippen molar-refractivity contribution in [2.75, 3.05) is 38.8 Å². The third kappa shape index (κ3) is 3.27. The van der Waals surface area contributed by atoms with E-state index in [1.807, 2.05) is 0 Å². The fourth-order valence-corrected chi connectivity index (χ4v) is 5.00. The standard InChI is InChI=1S/C20H24ClF2N5O2/c1-27(14-6-13(14)22)18-12-8-24-17(21)15(23)16(12)25-19(26-18)30-10-20-4-3-5-28(20)9-11(7-20)29-2/h8,11,13-14H,3-7,9-10H2,1-2H3/t11-,13-,14-,20+/m1/s1. The molecule has 4 atom stereocenters. The highest BCUT2D eigenvalue weighted by atomic mass is 35.5. The maximum atomic E-state index is 14.7. The van der Waals surface area contributed by atoms with Crippen molar-refractivity contribution in [2.24, 2.45) is 0 Å². The summed E-state index contributed by atoms with van der Waals surface area (Å²) >= 11 is 5.87. The molecule has 3 fully saturated rings. The fraction of sp³-hybridized carbons (Fsp3) is 0.650. The number of ether oxygens (including phenoxy) is 2. The first-order valence-corrected chi connectivity index (χ1v) is 10.6.